The van der Waals surface area contributed by atoms with Gasteiger partial charge in [0.15, 0.2) is 0 Å². The van der Waals surface area contributed by atoms with Crippen LogP contribution >= 0.6 is 0 Å². The Kier molecular flexibility index (Phi) is 9.51. The highest BCUT2D eigenvalue weighted by atomic mass is 16.4. The lowest BCUT2D eigenvalue weighted by Crippen LogP contribution is -2.52. The van der Waals surface area contributed by atoms with E-state index in [1.165, 1.54) is 12.1 Å². The summed E-state index contributed by atoms with van der Waals surface area (Å²) in [5, 5.41) is 27.0. The molecule has 31 heavy (non-hydrogen) atoms. The Labute approximate surface area is 181 Å². The molecule has 8 nitrogen and oxygen atoms in total. The summed E-state index contributed by atoms with van der Waals surface area (Å²) < 4.78 is 0. The highest BCUT2D eigenvalue weighted by Crippen LogP contribution is 2.12. The second kappa shape index (κ2) is 12.3. The molecule has 2 amide bonds. The van der Waals surface area contributed by atoms with Crippen LogP contribution in [-0.2, 0) is 27.3 Å². The Morgan fingerprint density at radius 2 is 1.58 bits per heavy atom. The van der Waals surface area contributed by atoms with Crippen LogP contribution < -0.4 is 16.0 Å². The maximum atomic E-state index is 12.7. The molecule has 0 aliphatic carbocycles. The molecule has 2 atom stereocenters. The van der Waals surface area contributed by atoms with Crippen molar-refractivity contribution in [3.8, 4) is 5.75 Å². The van der Waals surface area contributed by atoms with Crippen molar-refractivity contribution in [3.63, 3.8) is 0 Å². The number of carboxylic acid groups (broad SMARTS) is 1. The Morgan fingerprint density at radius 1 is 0.903 bits per heavy atom. The van der Waals surface area contributed by atoms with Crippen LogP contribution in [0.5, 0.6) is 5.75 Å². The summed E-state index contributed by atoms with van der Waals surface area (Å²) in [5.41, 5.74) is 1.83. The first-order chi connectivity index (χ1) is 14.9. The topological polar surface area (TPSA) is 128 Å². The minimum Gasteiger partial charge on any atom is -0.508 e. The maximum Gasteiger partial charge on any atom is 0.326 e. The van der Waals surface area contributed by atoms with Crippen molar-refractivity contribution >= 4 is 17.8 Å². The van der Waals surface area contributed by atoms with Gasteiger partial charge in [0.05, 0.1) is 0 Å². The molecule has 5 N–H and O–H groups in total. The van der Waals surface area contributed by atoms with Gasteiger partial charge in [-0.25, -0.2) is 4.79 Å². The summed E-state index contributed by atoms with van der Waals surface area (Å²) in [7, 11) is 0. The third-order valence-corrected chi connectivity index (χ3v) is 4.75. The molecule has 0 aromatic heterocycles. The number of phenolic OH excluding ortho intramolecular Hbond substituents is 1. The predicted molar refractivity (Wildman–Crippen MR) is 116 cm³/mol. The van der Waals surface area contributed by atoms with E-state index in [2.05, 4.69) is 16.0 Å². The SMILES string of the molecule is CC[C@H](NC(=O)[C@H](Cc1ccc(O)cc1)NC(=O)CCNCc1ccccc1)C(=O)O. The summed E-state index contributed by atoms with van der Waals surface area (Å²) in [4.78, 5) is 36.4. The fraction of sp³-hybridized carbons (Fsp3) is 0.348. The minimum atomic E-state index is -1.13. The van der Waals surface area contributed by atoms with E-state index >= 15 is 0 Å². The van der Waals surface area contributed by atoms with Gasteiger partial charge in [0.2, 0.25) is 11.8 Å². The van der Waals surface area contributed by atoms with E-state index in [-0.39, 0.29) is 30.9 Å². The van der Waals surface area contributed by atoms with Crippen LogP contribution in [0.2, 0.25) is 0 Å². The van der Waals surface area contributed by atoms with E-state index in [1.807, 2.05) is 30.3 Å². The quantitative estimate of drug-likeness (QED) is 0.327. The Balaban J connectivity index is 1.94. The van der Waals surface area contributed by atoms with E-state index in [0.717, 1.165) is 11.1 Å². The van der Waals surface area contributed by atoms with Crippen LogP contribution in [0.25, 0.3) is 0 Å². The first-order valence-electron chi connectivity index (χ1n) is 10.2. The van der Waals surface area contributed by atoms with Crippen LogP contribution in [0.15, 0.2) is 54.6 Å². The molecule has 0 radical (unpaired) electrons. The number of carboxylic acids is 1. The zero-order valence-electron chi connectivity index (χ0n) is 17.5. The summed E-state index contributed by atoms with van der Waals surface area (Å²) in [5.74, 6) is -1.92. The third-order valence-electron chi connectivity index (χ3n) is 4.75. The number of carbonyl (C=O) groups excluding carboxylic acids is 2. The van der Waals surface area contributed by atoms with Crippen LogP contribution in [0.4, 0.5) is 0 Å². The number of phenols is 1. The van der Waals surface area contributed by atoms with E-state index in [4.69, 9.17) is 0 Å². The molecule has 0 saturated heterocycles. The lowest BCUT2D eigenvalue weighted by molar-refractivity contribution is -0.142. The first kappa shape index (κ1) is 23.9. The maximum absolute atomic E-state index is 12.7. The third kappa shape index (κ3) is 8.47. The molecule has 8 heteroatoms. The van der Waals surface area contributed by atoms with Gasteiger partial charge in [-0.3, -0.25) is 9.59 Å². The van der Waals surface area contributed by atoms with Crippen LogP contribution in [0.1, 0.15) is 30.9 Å². The number of carbonyl (C=O) groups is 3. The monoisotopic (exact) mass is 427 g/mol. The Morgan fingerprint density at radius 3 is 2.19 bits per heavy atom. The minimum absolute atomic E-state index is 0.0928. The highest BCUT2D eigenvalue weighted by molar-refractivity contribution is 5.90. The lowest BCUT2D eigenvalue weighted by atomic mass is 10.0. The second-order valence-corrected chi connectivity index (χ2v) is 7.21. The van der Waals surface area contributed by atoms with E-state index in [1.54, 1.807) is 19.1 Å². The van der Waals surface area contributed by atoms with Gasteiger partial charge in [0.25, 0.3) is 0 Å². The normalized spacial score (nSPS) is 12.5. The average Bonchev–Trinajstić information content (AvgIpc) is 2.76. The summed E-state index contributed by atoms with van der Waals surface area (Å²) in [6.45, 7) is 2.72. The van der Waals surface area contributed by atoms with Gasteiger partial charge in [-0.15, -0.1) is 0 Å². The van der Waals surface area contributed by atoms with Gasteiger partial charge >= 0.3 is 5.97 Å². The number of hydrogen-bond acceptors (Lipinski definition) is 5. The predicted octanol–water partition coefficient (Wildman–Crippen LogP) is 1.58. The first-order valence-corrected chi connectivity index (χ1v) is 10.2. The second-order valence-electron chi connectivity index (χ2n) is 7.21. The molecular formula is C23H29N3O5. The van der Waals surface area contributed by atoms with Crippen molar-refractivity contribution in [1.29, 1.82) is 0 Å². The van der Waals surface area contributed by atoms with Crippen LogP contribution in [0.3, 0.4) is 0 Å². The van der Waals surface area contributed by atoms with Crippen molar-refractivity contribution in [3.05, 3.63) is 65.7 Å². The van der Waals surface area contributed by atoms with Gasteiger partial charge in [0.1, 0.15) is 17.8 Å². The number of aliphatic carboxylic acids is 1. The van der Waals surface area contributed by atoms with E-state index in [9.17, 15) is 24.6 Å². The van der Waals surface area contributed by atoms with Gasteiger partial charge < -0.3 is 26.2 Å². The molecule has 0 spiro atoms. The lowest BCUT2D eigenvalue weighted by Gasteiger charge is -2.21. The molecule has 0 saturated carbocycles. The van der Waals surface area contributed by atoms with Crippen LogP contribution in [-0.4, -0.2) is 46.6 Å². The molecule has 2 aromatic rings. The summed E-state index contributed by atoms with van der Waals surface area (Å²) in [6, 6.07) is 14.1. The van der Waals surface area contributed by atoms with Gasteiger partial charge in [0, 0.05) is 25.9 Å². The molecule has 0 aliphatic rings. The zero-order chi connectivity index (χ0) is 22.6. The molecule has 0 bridgehead atoms. The molecule has 2 aromatic carbocycles. The molecule has 166 valence electrons. The summed E-state index contributed by atoms with van der Waals surface area (Å²) in [6.07, 6.45) is 0.567. The molecule has 0 unspecified atom stereocenters. The standard InChI is InChI=1S/C23H29N3O5/c1-2-19(23(30)31)26-22(29)20(14-16-8-10-18(27)11-9-16)25-21(28)12-13-24-15-17-6-4-3-5-7-17/h3-11,19-20,24,27H,2,12-15H2,1H3,(H,25,28)(H,26,29)(H,30,31)/t19-,20-/m0/s1. The van der Waals surface area contributed by atoms with E-state index < -0.39 is 24.0 Å². The van der Waals surface area contributed by atoms with E-state index in [0.29, 0.717) is 13.1 Å². The van der Waals surface area contributed by atoms with Crippen molar-refractivity contribution in [1.82, 2.24) is 16.0 Å². The summed E-state index contributed by atoms with van der Waals surface area (Å²) >= 11 is 0. The number of aromatic hydroxyl groups is 1. The van der Waals surface area contributed by atoms with Crippen molar-refractivity contribution in [2.24, 2.45) is 0 Å². The van der Waals surface area contributed by atoms with Crippen LogP contribution in [0, 0.1) is 0 Å². The van der Waals surface area contributed by atoms with Gasteiger partial charge in [-0.05, 0) is 29.7 Å². The van der Waals surface area contributed by atoms with Gasteiger partial charge in [-0.2, -0.15) is 0 Å². The number of rotatable bonds is 12. The fourth-order valence-corrected chi connectivity index (χ4v) is 2.98. The Bertz CT molecular complexity index is 855. The van der Waals surface area contributed by atoms with Gasteiger partial charge in [-0.1, -0.05) is 49.4 Å². The number of nitrogens with one attached hydrogen (secondary N) is 3. The Hall–Kier alpha value is -3.39. The molecule has 0 fully saturated rings. The molecular weight excluding hydrogens is 398 g/mol. The van der Waals surface area contributed by atoms with Crippen molar-refractivity contribution < 1.29 is 24.6 Å². The average molecular weight is 428 g/mol. The number of hydrogen-bond donors (Lipinski definition) is 5. The zero-order valence-corrected chi connectivity index (χ0v) is 17.5. The largest absolute Gasteiger partial charge is 0.508 e. The number of benzene rings is 2. The molecule has 2 rings (SSSR count). The van der Waals surface area contributed by atoms with Crippen molar-refractivity contribution in [2.75, 3.05) is 6.54 Å². The molecule has 0 aliphatic heterocycles. The fourth-order valence-electron chi connectivity index (χ4n) is 2.98. The van der Waals surface area contributed by atoms with Crippen molar-refractivity contribution in [2.45, 2.75) is 44.8 Å². The molecule has 0 heterocycles. The number of amides is 2. The highest BCUT2D eigenvalue weighted by Gasteiger charge is 2.25. The smallest absolute Gasteiger partial charge is 0.326 e.